The Morgan fingerprint density at radius 1 is 1.11 bits per heavy atom. The van der Waals surface area contributed by atoms with Gasteiger partial charge in [0.25, 0.3) is 0 Å². The molecular weight excluding hydrogens is 238 g/mol. The Morgan fingerprint density at radius 2 is 1.79 bits per heavy atom. The van der Waals surface area contributed by atoms with Gasteiger partial charge in [-0.15, -0.1) is 0 Å². The molecule has 0 saturated carbocycles. The molecule has 0 aliphatic carbocycles. The number of ether oxygens (including phenoxy) is 1. The second-order valence-corrected chi connectivity index (χ2v) is 4.75. The normalized spacial score (nSPS) is 10.4. The van der Waals surface area contributed by atoms with Gasteiger partial charge in [0.2, 0.25) is 0 Å². The number of nitrogens with two attached hydrogens (primary N) is 1. The van der Waals surface area contributed by atoms with Crippen molar-refractivity contribution in [1.29, 1.82) is 0 Å². The van der Waals surface area contributed by atoms with Gasteiger partial charge in [-0.25, -0.2) is 0 Å². The molecule has 106 valence electrons. The van der Waals surface area contributed by atoms with Crippen molar-refractivity contribution in [1.82, 2.24) is 0 Å². The second-order valence-electron chi connectivity index (χ2n) is 4.75. The van der Waals surface area contributed by atoms with E-state index in [0.29, 0.717) is 13.0 Å². The van der Waals surface area contributed by atoms with Gasteiger partial charge in [-0.3, -0.25) is 4.79 Å². The number of ketones is 1. The number of benzene rings is 1. The van der Waals surface area contributed by atoms with Crippen LogP contribution in [0.3, 0.4) is 0 Å². The summed E-state index contributed by atoms with van der Waals surface area (Å²) in [7, 11) is 0. The number of carbonyl (C=O) groups is 1. The number of hydrogen-bond donors (Lipinski definition) is 1. The predicted octanol–water partition coefficient (Wildman–Crippen LogP) is 3.57. The fraction of sp³-hybridized carbons (Fsp3) is 0.562. The molecule has 0 amide bonds. The van der Waals surface area contributed by atoms with Gasteiger partial charge in [-0.1, -0.05) is 19.8 Å². The molecule has 3 nitrogen and oxygen atoms in total. The van der Waals surface area contributed by atoms with Crippen LogP contribution in [-0.2, 0) is 0 Å². The maximum atomic E-state index is 11.9. The van der Waals surface area contributed by atoms with Crippen LogP contribution in [0, 0.1) is 0 Å². The summed E-state index contributed by atoms with van der Waals surface area (Å²) >= 11 is 0. The molecule has 0 aliphatic heterocycles. The first kappa shape index (κ1) is 15.7. The van der Waals surface area contributed by atoms with E-state index in [1.54, 1.807) is 0 Å². The van der Waals surface area contributed by atoms with Crippen molar-refractivity contribution in [3.05, 3.63) is 29.8 Å². The van der Waals surface area contributed by atoms with Gasteiger partial charge in [-0.2, -0.15) is 0 Å². The van der Waals surface area contributed by atoms with Gasteiger partial charge in [0, 0.05) is 12.0 Å². The summed E-state index contributed by atoms with van der Waals surface area (Å²) in [5.74, 6) is 1.05. The van der Waals surface area contributed by atoms with Crippen molar-refractivity contribution in [2.24, 2.45) is 5.73 Å². The van der Waals surface area contributed by atoms with Crippen molar-refractivity contribution < 1.29 is 9.53 Å². The summed E-state index contributed by atoms with van der Waals surface area (Å²) in [6.45, 7) is 3.53. The van der Waals surface area contributed by atoms with Crippen LogP contribution in [0.1, 0.15) is 55.8 Å². The Bertz CT molecular complexity index is 360. The van der Waals surface area contributed by atoms with Crippen LogP contribution in [0.2, 0.25) is 0 Å². The van der Waals surface area contributed by atoms with Gasteiger partial charge in [0.1, 0.15) is 5.75 Å². The molecular formula is C16H25NO2. The standard InChI is InChI=1S/C16H25NO2/c1-2-13-19-15-10-8-14(9-11-15)16(18)7-5-3-4-6-12-17/h8-11H,2-7,12-13,17H2,1H3. The average molecular weight is 263 g/mol. The first-order valence-corrected chi connectivity index (χ1v) is 7.24. The van der Waals surface area contributed by atoms with Crippen molar-refractivity contribution in [3.63, 3.8) is 0 Å². The van der Waals surface area contributed by atoms with Crippen molar-refractivity contribution >= 4 is 5.78 Å². The molecule has 2 N–H and O–H groups in total. The van der Waals surface area contributed by atoms with E-state index >= 15 is 0 Å². The summed E-state index contributed by atoms with van der Waals surface area (Å²) in [5.41, 5.74) is 6.21. The molecule has 0 aliphatic rings. The number of unbranched alkanes of at least 4 members (excludes halogenated alkanes) is 3. The zero-order chi connectivity index (χ0) is 13.9. The number of hydrogen-bond acceptors (Lipinski definition) is 3. The van der Waals surface area contributed by atoms with Crippen LogP contribution in [0.25, 0.3) is 0 Å². The van der Waals surface area contributed by atoms with E-state index < -0.39 is 0 Å². The molecule has 0 fully saturated rings. The molecule has 0 spiro atoms. The lowest BCUT2D eigenvalue weighted by Crippen LogP contribution is -2.01. The molecule has 0 unspecified atom stereocenters. The molecule has 0 atom stereocenters. The minimum absolute atomic E-state index is 0.217. The van der Waals surface area contributed by atoms with Crippen molar-refractivity contribution in [3.8, 4) is 5.75 Å². The second kappa shape index (κ2) is 9.56. The molecule has 0 radical (unpaired) electrons. The van der Waals surface area contributed by atoms with E-state index in [9.17, 15) is 4.79 Å². The van der Waals surface area contributed by atoms with Crippen LogP contribution in [0.15, 0.2) is 24.3 Å². The Hall–Kier alpha value is -1.35. The topological polar surface area (TPSA) is 52.3 Å². The maximum Gasteiger partial charge on any atom is 0.162 e. The summed E-state index contributed by atoms with van der Waals surface area (Å²) in [4.78, 5) is 11.9. The van der Waals surface area contributed by atoms with Crippen molar-refractivity contribution in [2.45, 2.75) is 45.4 Å². The Morgan fingerprint density at radius 3 is 2.42 bits per heavy atom. The highest BCUT2D eigenvalue weighted by molar-refractivity contribution is 5.96. The van der Waals surface area contributed by atoms with Crippen LogP contribution < -0.4 is 10.5 Å². The lowest BCUT2D eigenvalue weighted by molar-refractivity contribution is 0.0979. The summed E-state index contributed by atoms with van der Waals surface area (Å²) < 4.78 is 5.49. The lowest BCUT2D eigenvalue weighted by atomic mass is 10.0. The van der Waals surface area contributed by atoms with Gasteiger partial charge in [0.15, 0.2) is 5.78 Å². The molecule has 1 rings (SSSR count). The van der Waals surface area contributed by atoms with Gasteiger partial charge < -0.3 is 10.5 Å². The Kier molecular flexibility index (Phi) is 7.91. The highest BCUT2D eigenvalue weighted by Gasteiger charge is 2.05. The molecule has 0 bridgehead atoms. The summed E-state index contributed by atoms with van der Waals surface area (Å²) in [5, 5.41) is 0. The third-order valence-corrected chi connectivity index (χ3v) is 3.01. The molecule has 0 saturated heterocycles. The van der Waals surface area contributed by atoms with Crippen LogP contribution in [0.4, 0.5) is 0 Å². The molecule has 0 heterocycles. The quantitative estimate of drug-likeness (QED) is 0.518. The highest BCUT2D eigenvalue weighted by Crippen LogP contribution is 2.15. The Balaban J connectivity index is 2.32. The van der Waals surface area contributed by atoms with E-state index in [4.69, 9.17) is 10.5 Å². The zero-order valence-corrected chi connectivity index (χ0v) is 11.9. The lowest BCUT2D eigenvalue weighted by Gasteiger charge is -2.05. The fourth-order valence-corrected chi connectivity index (χ4v) is 1.88. The van der Waals surface area contributed by atoms with E-state index in [0.717, 1.165) is 50.0 Å². The monoisotopic (exact) mass is 263 g/mol. The summed E-state index contributed by atoms with van der Waals surface area (Å²) in [6, 6.07) is 7.45. The molecule has 19 heavy (non-hydrogen) atoms. The largest absolute Gasteiger partial charge is 0.494 e. The van der Waals surface area contributed by atoms with E-state index in [1.807, 2.05) is 24.3 Å². The Labute approximate surface area is 116 Å². The van der Waals surface area contributed by atoms with Crippen LogP contribution >= 0.6 is 0 Å². The van der Waals surface area contributed by atoms with E-state index in [1.165, 1.54) is 0 Å². The first-order valence-electron chi connectivity index (χ1n) is 7.24. The zero-order valence-electron chi connectivity index (χ0n) is 11.9. The van der Waals surface area contributed by atoms with Crippen LogP contribution in [0.5, 0.6) is 5.75 Å². The number of Topliss-reactive ketones (excluding diaryl/α,β-unsaturated/α-hetero) is 1. The van der Waals surface area contributed by atoms with Crippen LogP contribution in [-0.4, -0.2) is 18.9 Å². The third kappa shape index (κ3) is 6.39. The molecule has 1 aromatic carbocycles. The first-order chi connectivity index (χ1) is 9.27. The summed E-state index contributed by atoms with van der Waals surface area (Å²) in [6.07, 6.45) is 5.82. The molecule has 1 aromatic rings. The SMILES string of the molecule is CCCOc1ccc(C(=O)CCCCCCN)cc1. The van der Waals surface area contributed by atoms with E-state index in [2.05, 4.69) is 6.92 Å². The smallest absolute Gasteiger partial charge is 0.162 e. The number of carbonyl (C=O) groups excluding carboxylic acids is 1. The average Bonchev–Trinajstić information content (AvgIpc) is 2.45. The predicted molar refractivity (Wildman–Crippen MR) is 78.7 cm³/mol. The maximum absolute atomic E-state index is 11.9. The van der Waals surface area contributed by atoms with Gasteiger partial charge in [-0.05, 0) is 50.1 Å². The third-order valence-electron chi connectivity index (χ3n) is 3.01. The minimum Gasteiger partial charge on any atom is -0.494 e. The van der Waals surface area contributed by atoms with Gasteiger partial charge >= 0.3 is 0 Å². The minimum atomic E-state index is 0.217. The van der Waals surface area contributed by atoms with E-state index in [-0.39, 0.29) is 5.78 Å². The number of rotatable bonds is 10. The fourth-order valence-electron chi connectivity index (χ4n) is 1.88. The van der Waals surface area contributed by atoms with Crippen molar-refractivity contribution in [2.75, 3.05) is 13.2 Å². The molecule has 0 aromatic heterocycles. The van der Waals surface area contributed by atoms with Gasteiger partial charge in [0.05, 0.1) is 6.61 Å². The molecule has 3 heteroatoms. The highest BCUT2D eigenvalue weighted by atomic mass is 16.5.